The zero-order valence-electron chi connectivity index (χ0n) is 14.3. The summed E-state index contributed by atoms with van der Waals surface area (Å²) < 4.78 is 28.2. The maximum atomic E-state index is 12.5. The number of nitrogens with one attached hydrogen (secondary N) is 2. The van der Waals surface area contributed by atoms with Crippen LogP contribution in [0.4, 0.5) is 5.69 Å². The van der Waals surface area contributed by atoms with E-state index < -0.39 is 16.1 Å². The van der Waals surface area contributed by atoms with Gasteiger partial charge >= 0.3 is 0 Å². The molecule has 1 atom stereocenters. The number of aryl methyl sites for hydroxylation is 2. The maximum absolute atomic E-state index is 12.5. The highest BCUT2D eigenvalue weighted by Gasteiger charge is 2.24. The summed E-state index contributed by atoms with van der Waals surface area (Å²) in [6.07, 6.45) is 0.340. The van der Waals surface area contributed by atoms with Crippen molar-refractivity contribution in [1.29, 1.82) is 0 Å². The van der Waals surface area contributed by atoms with Crippen LogP contribution in [0.2, 0.25) is 0 Å². The molecule has 2 aromatic rings. The average molecular weight is 425 g/mol. The minimum Gasteiger partial charge on any atom is -0.324 e. The van der Waals surface area contributed by atoms with E-state index in [9.17, 15) is 13.2 Å². The van der Waals surface area contributed by atoms with Gasteiger partial charge < -0.3 is 5.32 Å². The van der Waals surface area contributed by atoms with Gasteiger partial charge in [-0.3, -0.25) is 4.79 Å². The van der Waals surface area contributed by atoms with Gasteiger partial charge in [0.15, 0.2) is 0 Å². The van der Waals surface area contributed by atoms with Gasteiger partial charge in [-0.2, -0.15) is 4.72 Å². The van der Waals surface area contributed by atoms with Crippen molar-refractivity contribution < 1.29 is 13.2 Å². The van der Waals surface area contributed by atoms with Crippen LogP contribution in [0.1, 0.15) is 24.5 Å². The molecule has 0 fully saturated rings. The minimum atomic E-state index is -3.77. The van der Waals surface area contributed by atoms with Crippen molar-refractivity contribution in [2.75, 3.05) is 5.32 Å². The summed E-state index contributed by atoms with van der Waals surface area (Å²) in [6.45, 7) is 5.63. The van der Waals surface area contributed by atoms with Crippen molar-refractivity contribution >= 4 is 37.5 Å². The van der Waals surface area contributed by atoms with Gasteiger partial charge in [0.2, 0.25) is 15.9 Å². The Morgan fingerprint density at radius 2 is 1.76 bits per heavy atom. The summed E-state index contributed by atoms with van der Waals surface area (Å²) in [5.41, 5.74) is 2.70. The van der Waals surface area contributed by atoms with E-state index in [1.165, 1.54) is 12.1 Å². The van der Waals surface area contributed by atoms with Crippen molar-refractivity contribution in [2.45, 2.75) is 38.1 Å². The molecule has 0 radical (unpaired) electrons. The van der Waals surface area contributed by atoms with Gasteiger partial charge in [-0.15, -0.1) is 0 Å². The molecule has 1 unspecified atom stereocenters. The standard InChI is InChI=1S/C18H21BrN2O3S/c1-4-16(18(22)20-17-10-5-12(2)11-13(17)3)21-25(23,24)15-8-6-14(19)7-9-15/h5-11,16,21H,4H2,1-3H3,(H,20,22). The van der Waals surface area contributed by atoms with Crippen LogP contribution in [0.3, 0.4) is 0 Å². The fourth-order valence-corrected chi connectivity index (χ4v) is 3.91. The van der Waals surface area contributed by atoms with Crippen LogP contribution in [0.25, 0.3) is 0 Å². The van der Waals surface area contributed by atoms with Crippen LogP contribution >= 0.6 is 15.9 Å². The predicted octanol–water partition coefficient (Wildman–Crippen LogP) is 3.76. The largest absolute Gasteiger partial charge is 0.324 e. The van der Waals surface area contributed by atoms with E-state index in [2.05, 4.69) is 26.0 Å². The molecule has 2 rings (SSSR count). The molecule has 0 spiro atoms. The summed E-state index contributed by atoms with van der Waals surface area (Å²) in [7, 11) is -3.77. The van der Waals surface area contributed by atoms with Gasteiger partial charge in [-0.05, 0) is 56.2 Å². The third-order valence-electron chi connectivity index (χ3n) is 3.79. The van der Waals surface area contributed by atoms with E-state index in [0.717, 1.165) is 15.6 Å². The second-order valence-electron chi connectivity index (χ2n) is 5.84. The predicted molar refractivity (Wildman–Crippen MR) is 103 cm³/mol. The molecule has 5 nitrogen and oxygen atoms in total. The minimum absolute atomic E-state index is 0.119. The molecule has 0 bridgehead atoms. The fourth-order valence-electron chi connectivity index (χ4n) is 2.37. The van der Waals surface area contributed by atoms with E-state index in [1.807, 2.05) is 32.0 Å². The van der Waals surface area contributed by atoms with E-state index in [0.29, 0.717) is 12.1 Å². The fraction of sp³-hybridized carbons (Fsp3) is 0.278. The van der Waals surface area contributed by atoms with Crippen molar-refractivity contribution in [1.82, 2.24) is 4.72 Å². The third kappa shape index (κ3) is 5.14. The Morgan fingerprint density at radius 3 is 2.32 bits per heavy atom. The first kappa shape index (κ1) is 19.6. The molecule has 0 aromatic heterocycles. The Balaban J connectivity index is 2.15. The lowest BCUT2D eigenvalue weighted by molar-refractivity contribution is -0.117. The molecule has 0 heterocycles. The Morgan fingerprint density at radius 1 is 1.12 bits per heavy atom. The highest BCUT2D eigenvalue weighted by Crippen LogP contribution is 2.18. The maximum Gasteiger partial charge on any atom is 0.242 e. The molecule has 7 heteroatoms. The molecule has 2 aromatic carbocycles. The van der Waals surface area contributed by atoms with Gasteiger partial charge in [0.25, 0.3) is 0 Å². The van der Waals surface area contributed by atoms with Crippen LogP contribution in [0.5, 0.6) is 0 Å². The Hall–Kier alpha value is -1.70. The highest BCUT2D eigenvalue weighted by molar-refractivity contribution is 9.10. The van der Waals surface area contributed by atoms with E-state index >= 15 is 0 Å². The SMILES string of the molecule is CCC(NS(=O)(=O)c1ccc(Br)cc1)C(=O)Nc1ccc(C)cc1C. The average Bonchev–Trinajstić information content (AvgIpc) is 2.55. The van der Waals surface area contributed by atoms with Crippen molar-refractivity contribution in [3.63, 3.8) is 0 Å². The summed E-state index contributed by atoms with van der Waals surface area (Å²) in [4.78, 5) is 12.6. The van der Waals surface area contributed by atoms with Crippen molar-refractivity contribution in [3.05, 3.63) is 58.1 Å². The number of anilines is 1. The van der Waals surface area contributed by atoms with Gasteiger partial charge in [0.1, 0.15) is 6.04 Å². The number of hydrogen-bond donors (Lipinski definition) is 2. The van der Waals surface area contributed by atoms with Gasteiger partial charge in [-0.25, -0.2) is 8.42 Å². The topological polar surface area (TPSA) is 75.3 Å². The number of carbonyl (C=O) groups is 1. The second kappa shape index (κ2) is 8.12. The first-order valence-corrected chi connectivity index (χ1v) is 10.2. The van der Waals surface area contributed by atoms with E-state index in [4.69, 9.17) is 0 Å². The lowest BCUT2D eigenvalue weighted by Crippen LogP contribution is -2.43. The quantitative estimate of drug-likeness (QED) is 0.740. The molecule has 25 heavy (non-hydrogen) atoms. The molecule has 0 aliphatic carbocycles. The first-order valence-electron chi connectivity index (χ1n) is 7.89. The van der Waals surface area contributed by atoms with Gasteiger partial charge in [0.05, 0.1) is 4.90 Å². The normalized spacial score (nSPS) is 12.6. The number of halogens is 1. The summed E-state index contributed by atoms with van der Waals surface area (Å²) in [5.74, 6) is -0.380. The van der Waals surface area contributed by atoms with Crippen LogP contribution in [-0.2, 0) is 14.8 Å². The lowest BCUT2D eigenvalue weighted by Gasteiger charge is -2.18. The second-order valence-corrected chi connectivity index (χ2v) is 8.47. The first-order chi connectivity index (χ1) is 11.7. The molecule has 134 valence electrons. The molecular weight excluding hydrogens is 404 g/mol. The smallest absolute Gasteiger partial charge is 0.242 e. The summed E-state index contributed by atoms with van der Waals surface area (Å²) in [6, 6.07) is 11.1. The molecule has 0 saturated carbocycles. The monoisotopic (exact) mass is 424 g/mol. The Bertz CT molecular complexity index is 864. The Labute approximate surface area is 157 Å². The molecule has 0 aliphatic heterocycles. The number of benzene rings is 2. The number of rotatable bonds is 6. The van der Waals surface area contributed by atoms with Crippen LogP contribution in [-0.4, -0.2) is 20.4 Å². The van der Waals surface area contributed by atoms with Gasteiger partial charge in [0, 0.05) is 10.2 Å². The molecule has 1 amide bonds. The molecule has 0 aliphatic rings. The molecular formula is C18H21BrN2O3S. The van der Waals surface area contributed by atoms with Gasteiger partial charge in [-0.1, -0.05) is 40.5 Å². The summed E-state index contributed by atoms with van der Waals surface area (Å²) >= 11 is 3.27. The number of hydrogen-bond acceptors (Lipinski definition) is 3. The van der Waals surface area contributed by atoms with Crippen LogP contribution < -0.4 is 10.0 Å². The zero-order valence-corrected chi connectivity index (χ0v) is 16.7. The number of amides is 1. The highest BCUT2D eigenvalue weighted by atomic mass is 79.9. The van der Waals surface area contributed by atoms with Crippen LogP contribution in [0.15, 0.2) is 51.8 Å². The van der Waals surface area contributed by atoms with Crippen molar-refractivity contribution in [2.24, 2.45) is 0 Å². The summed E-state index contributed by atoms with van der Waals surface area (Å²) in [5, 5.41) is 2.80. The zero-order chi connectivity index (χ0) is 18.6. The van der Waals surface area contributed by atoms with E-state index in [-0.39, 0.29) is 10.8 Å². The number of sulfonamides is 1. The number of carbonyl (C=O) groups excluding carboxylic acids is 1. The Kier molecular flexibility index (Phi) is 6.37. The third-order valence-corrected chi connectivity index (χ3v) is 5.80. The van der Waals surface area contributed by atoms with E-state index in [1.54, 1.807) is 19.1 Å². The van der Waals surface area contributed by atoms with Crippen molar-refractivity contribution in [3.8, 4) is 0 Å². The molecule has 0 saturated heterocycles. The van der Waals surface area contributed by atoms with Crippen LogP contribution in [0, 0.1) is 13.8 Å². The molecule has 2 N–H and O–H groups in total. The lowest BCUT2D eigenvalue weighted by atomic mass is 10.1.